The number of carbonyl (C=O) groups excluding carboxylic acids is 1. The molecule has 0 aromatic carbocycles. The maximum absolute atomic E-state index is 11.4. The second-order valence-corrected chi connectivity index (χ2v) is 4.65. The molecule has 1 heterocycles. The van der Waals surface area contributed by atoms with Crippen LogP contribution < -0.4 is 10.6 Å². The van der Waals surface area contributed by atoms with E-state index in [2.05, 4.69) is 10.6 Å². The number of nitrogens with one attached hydrogen (secondary N) is 2. The van der Waals surface area contributed by atoms with Crippen molar-refractivity contribution in [2.75, 3.05) is 19.6 Å². The molecule has 0 amide bonds. The highest BCUT2D eigenvalue weighted by Crippen LogP contribution is 2.09. The number of hydrogen-bond acceptors (Lipinski definition) is 4. The molecule has 4 heteroatoms. The molecule has 0 spiro atoms. The summed E-state index contributed by atoms with van der Waals surface area (Å²) < 4.78 is 5.23. The molecule has 0 saturated carbocycles. The average Bonchev–Trinajstić information content (AvgIpc) is 2.02. The van der Waals surface area contributed by atoms with Gasteiger partial charge in [-0.3, -0.25) is 4.79 Å². The average molecular weight is 200 g/mol. The van der Waals surface area contributed by atoms with E-state index in [0.29, 0.717) is 6.42 Å². The molecule has 0 unspecified atom stereocenters. The van der Waals surface area contributed by atoms with E-state index < -0.39 is 0 Å². The lowest BCUT2D eigenvalue weighted by atomic mass is 10.1. The van der Waals surface area contributed by atoms with Crippen molar-refractivity contribution in [3.05, 3.63) is 0 Å². The lowest BCUT2D eigenvalue weighted by Crippen LogP contribution is -2.49. The Balaban J connectivity index is 2.25. The molecular formula is C10H20N2O2. The summed E-state index contributed by atoms with van der Waals surface area (Å²) in [5.41, 5.74) is -0.376. The Morgan fingerprint density at radius 2 is 2.14 bits per heavy atom. The minimum atomic E-state index is -0.376. The van der Waals surface area contributed by atoms with Gasteiger partial charge < -0.3 is 15.4 Å². The summed E-state index contributed by atoms with van der Waals surface area (Å²) in [6, 6.07) is 0.221. The van der Waals surface area contributed by atoms with Gasteiger partial charge in [0.25, 0.3) is 0 Å². The monoisotopic (exact) mass is 200 g/mol. The Kier molecular flexibility index (Phi) is 3.89. The van der Waals surface area contributed by atoms with Crippen LogP contribution in [0.1, 0.15) is 27.2 Å². The SMILES string of the molecule is CC(C)(C)OC(=O)C[C@@H]1CNCCN1. The van der Waals surface area contributed by atoms with Crippen molar-refractivity contribution in [2.45, 2.75) is 38.8 Å². The Hall–Kier alpha value is -0.610. The van der Waals surface area contributed by atoms with Crippen LogP contribution >= 0.6 is 0 Å². The normalized spacial score (nSPS) is 23.2. The Morgan fingerprint density at radius 1 is 1.43 bits per heavy atom. The van der Waals surface area contributed by atoms with Gasteiger partial charge in [0.05, 0.1) is 6.42 Å². The molecule has 0 aromatic rings. The lowest BCUT2D eigenvalue weighted by Gasteiger charge is -2.26. The molecule has 1 rings (SSSR count). The molecule has 14 heavy (non-hydrogen) atoms. The molecule has 0 bridgehead atoms. The van der Waals surface area contributed by atoms with E-state index in [1.165, 1.54) is 0 Å². The van der Waals surface area contributed by atoms with Crippen LogP contribution in [0.5, 0.6) is 0 Å². The Morgan fingerprint density at radius 3 is 2.64 bits per heavy atom. The molecule has 1 saturated heterocycles. The second-order valence-electron chi connectivity index (χ2n) is 4.65. The van der Waals surface area contributed by atoms with Crippen molar-refractivity contribution >= 4 is 5.97 Å². The van der Waals surface area contributed by atoms with Crippen LogP contribution in [0.2, 0.25) is 0 Å². The van der Waals surface area contributed by atoms with E-state index in [1.54, 1.807) is 0 Å². The number of hydrogen-bond donors (Lipinski definition) is 2. The van der Waals surface area contributed by atoms with Gasteiger partial charge in [-0.2, -0.15) is 0 Å². The van der Waals surface area contributed by atoms with Crippen molar-refractivity contribution < 1.29 is 9.53 Å². The van der Waals surface area contributed by atoms with Gasteiger partial charge in [-0.1, -0.05) is 0 Å². The maximum Gasteiger partial charge on any atom is 0.307 e. The quantitative estimate of drug-likeness (QED) is 0.629. The van der Waals surface area contributed by atoms with E-state index in [1.807, 2.05) is 20.8 Å². The molecule has 82 valence electrons. The second kappa shape index (κ2) is 4.75. The number of esters is 1. The third-order valence-corrected chi connectivity index (χ3v) is 1.96. The van der Waals surface area contributed by atoms with Gasteiger partial charge in [0.1, 0.15) is 5.60 Å². The first kappa shape index (κ1) is 11.5. The molecule has 1 aliphatic heterocycles. The molecule has 1 atom stereocenters. The maximum atomic E-state index is 11.4. The standard InChI is InChI=1S/C10H20N2O2/c1-10(2,3)14-9(13)6-8-7-11-4-5-12-8/h8,11-12H,4-7H2,1-3H3/t8-/m1/s1. The molecular weight excluding hydrogens is 180 g/mol. The van der Waals surface area contributed by atoms with E-state index in [-0.39, 0.29) is 17.6 Å². The highest BCUT2D eigenvalue weighted by molar-refractivity contribution is 5.70. The fourth-order valence-corrected chi connectivity index (χ4v) is 1.44. The molecule has 2 N–H and O–H groups in total. The first-order valence-corrected chi connectivity index (χ1v) is 5.13. The van der Waals surface area contributed by atoms with Crippen LogP contribution in [0.3, 0.4) is 0 Å². The summed E-state index contributed by atoms with van der Waals surface area (Å²) in [7, 11) is 0. The van der Waals surface area contributed by atoms with Crippen LogP contribution in [-0.2, 0) is 9.53 Å². The lowest BCUT2D eigenvalue weighted by molar-refractivity contribution is -0.155. The van der Waals surface area contributed by atoms with E-state index in [9.17, 15) is 4.79 Å². The van der Waals surface area contributed by atoms with Gasteiger partial charge in [0, 0.05) is 25.7 Å². The van der Waals surface area contributed by atoms with Gasteiger partial charge >= 0.3 is 5.97 Å². The molecule has 1 aliphatic rings. The van der Waals surface area contributed by atoms with Crippen molar-refractivity contribution in [2.24, 2.45) is 0 Å². The van der Waals surface area contributed by atoms with Crippen molar-refractivity contribution in [1.82, 2.24) is 10.6 Å². The van der Waals surface area contributed by atoms with Gasteiger partial charge in [-0.15, -0.1) is 0 Å². The van der Waals surface area contributed by atoms with Crippen LogP contribution in [0.25, 0.3) is 0 Å². The summed E-state index contributed by atoms with van der Waals surface area (Å²) >= 11 is 0. The fourth-order valence-electron chi connectivity index (χ4n) is 1.44. The predicted octanol–water partition coefficient (Wildman–Crippen LogP) is 0.280. The van der Waals surface area contributed by atoms with Crippen LogP contribution in [-0.4, -0.2) is 37.2 Å². The molecule has 4 nitrogen and oxygen atoms in total. The van der Waals surface area contributed by atoms with Gasteiger partial charge in [-0.25, -0.2) is 0 Å². The van der Waals surface area contributed by atoms with E-state index in [0.717, 1.165) is 19.6 Å². The van der Waals surface area contributed by atoms with Gasteiger partial charge in [-0.05, 0) is 20.8 Å². The van der Waals surface area contributed by atoms with Crippen LogP contribution in [0.4, 0.5) is 0 Å². The molecule has 0 aliphatic carbocycles. The van der Waals surface area contributed by atoms with Crippen molar-refractivity contribution in [3.63, 3.8) is 0 Å². The summed E-state index contributed by atoms with van der Waals surface area (Å²) in [4.78, 5) is 11.4. The minimum Gasteiger partial charge on any atom is -0.460 e. The van der Waals surface area contributed by atoms with E-state index in [4.69, 9.17) is 4.74 Å². The smallest absolute Gasteiger partial charge is 0.307 e. The highest BCUT2D eigenvalue weighted by Gasteiger charge is 2.21. The van der Waals surface area contributed by atoms with Gasteiger partial charge in [0.2, 0.25) is 0 Å². The largest absolute Gasteiger partial charge is 0.460 e. The van der Waals surface area contributed by atoms with E-state index >= 15 is 0 Å². The predicted molar refractivity (Wildman–Crippen MR) is 55.1 cm³/mol. The summed E-state index contributed by atoms with van der Waals surface area (Å²) in [5, 5.41) is 6.51. The zero-order valence-electron chi connectivity index (χ0n) is 9.22. The third-order valence-electron chi connectivity index (χ3n) is 1.96. The summed E-state index contributed by atoms with van der Waals surface area (Å²) in [5.74, 6) is -0.126. The fraction of sp³-hybridized carbons (Fsp3) is 0.900. The van der Waals surface area contributed by atoms with Crippen molar-refractivity contribution in [3.8, 4) is 0 Å². The summed E-state index contributed by atoms with van der Waals surface area (Å²) in [6.45, 7) is 8.41. The zero-order valence-corrected chi connectivity index (χ0v) is 9.22. The van der Waals surface area contributed by atoms with Crippen LogP contribution in [0, 0.1) is 0 Å². The number of rotatable bonds is 2. The molecule has 0 aromatic heterocycles. The highest BCUT2D eigenvalue weighted by atomic mass is 16.6. The van der Waals surface area contributed by atoms with Crippen LogP contribution in [0.15, 0.2) is 0 Å². The Bertz CT molecular complexity index is 193. The molecule has 0 radical (unpaired) electrons. The van der Waals surface area contributed by atoms with Crippen molar-refractivity contribution in [1.29, 1.82) is 0 Å². The first-order valence-electron chi connectivity index (χ1n) is 5.13. The number of carbonyl (C=O) groups is 1. The number of piperazine rings is 1. The first-order chi connectivity index (χ1) is 6.47. The Labute approximate surface area is 85.4 Å². The number of ether oxygens (including phenoxy) is 1. The topological polar surface area (TPSA) is 50.4 Å². The molecule has 1 fully saturated rings. The van der Waals surface area contributed by atoms with Gasteiger partial charge in [0.15, 0.2) is 0 Å². The summed E-state index contributed by atoms with van der Waals surface area (Å²) in [6.07, 6.45) is 0.449. The zero-order chi connectivity index (χ0) is 10.6. The third kappa shape index (κ3) is 4.58. The minimum absolute atomic E-state index is 0.126.